The van der Waals surface area contributed by atoms with Crippen molar-refractivity contribution in [2.24, 2.45) is 0 Å². The van der Waals surface area contributed by atoms with Gasteiger partial charge in [0.05, 0.1) is 12.7 Å². The first-order valence-corrected chi connectivity index (χ1v) is 8.09. The largest absolute Gasteiger partial charge is 0.346 e. The molecule has 26 heavy (non-hydrogen) atoms. The molecule has 8 heteroatoms. The van der Waals surface area contributed by atoms with Gasteiger partial charge < -0.3 is 5.32 Å². The van der Waals surface area contributed by atoms with E-state index in [1.54, 1.807) is 37.0 Å². The zero-order valence-corrected chi connectivity index (χ0v) is 14.6. The maximum Gasteiger partial charge on any atom is 0.327 e. The van der Waals surface area contributed by atoms with Crippen molar-refractivity contribution in [2.75, 3.05) is 0 Å². The molecule has 8 nitrogen and oxygen atoms in total. The predicted octanol–water partition coefficient (Wildman–Crippen LogP) is 0.617. The summed E-state index contributed by atoms with van der Waals surface area (Å²) in [5.41, 5.74) is 6.03. The first-order chi connectivity index (χ1) is 12.4. The summed E-state index contributed by atoms with van der Waals surface area (Å²) in [5.74, 6) is -2.31. The number of rotatable bonds is 5. The fourth-order valence-electron chi connectivity index (χ4n) is 2.04. The van der Waals surface area contributed by atoms with Crippen LogP contribution in [0.5, 0.6) is 0 Å². The van der Waals surface area contributed by atoms with Crippen LogP contribution in [-0.2, 0) is 20.9 Å². The van der Waals surface area contributed by atoms with E-state index in [1.165, 1.54) is 6.08 Å². The van der Waals surface area contributed by atoms with Crippen LogP contribution in [0.15, 0.2) is 48.8 Å². The third kappa shape index (κ3) is 6.23. The SMILES string of the molecule is CC(C)NC(=O)C(=O)NNC(=O)/C=C/c1cnn(Cc2ccccc2)c1. The van der Waals surface area contributed by atoms with E-state index >= 15 is 0 Å². The van der Waals surface area contributed by atoms with Gasteiger partial charge in [0, 0.05) is 23.9 Å². The second kappa shape index (κ2) is 9.16. The van der Waals surface area contributed by atoms with Crippen LogP contribution in [-0.4, -0.2) is 33.5 Å². The van der Waals surface area contributed by atoms with Gasteiger partial charge in [-0.3, -0.25) is 29.9 Å². The lowest BCUT2D eigenvalue weighted by Gasteiger charge is -2.08. The Bertz CT molecular complexity index is 796. The fraction of sp³-hybridized carbons (Fsp3) is 0.222. The monoisotopic (exact) mass is 355 g/mol. The van der Waals surface area contributed by atoms with Crippen LogP contribution < -0.4 is 16.2 Å². The van der Waals surface area contributed by atoms with Crippen LogP contribution in [0.4, 0.5) is 0 Å². The number of carbonyl (C=O) groups excluding carboxylic acids is 3. The van der Waals surface area contributed by atoms with Crippen LogP contribution >= 0.6 is 0 Å². The second-order valence-electron chi connectivity index (χ2n) is 5.86. The lowest BCUT2D eigenvalue weighted by Crippen LogP contribution is -2.49. The molecule has 0 aliphatic carbocycles. The van der Waals surface area contributed by atoms with Gasteiger partial charge in [0.1, 0.15) is 0 Å². The van der Waals surface area contributed by atoms with E-state index < -0.39 is 17.7 Å². The average Bonchev–Trinajstić information content (AvgIpc) is 3.05. The molecule has 0 saturated carbocycles. The van der Waals surface area contributed by atoms with Crippen LogP contribution in [0.25, 0.3) is 6.08 Å². The summed E-state index contributed by atoms with van der Waals surface area (Å²) in [5, 5.41) is 6.64. The summed E-state index contributed by atoms with van der Waals surface area (Å²) in [4.78, 5) is 34.5. The van der Waals surface area contributed by atoms with Crippen LogP contribution in [0.2, 0.25) is 0 Å². The van der Waals surface area contributed by atoms with Gasteiger partial charge in [-0.1, -0.05) is 30.3 Å². The molecule has 1 aromatic heterocycles. The smallest absolute Gasteiger partial charge is 0.327 e. The number of carbonyl (C=O) groups is 3. The summed E-state index contributed by atoms with van der Waals surface area (Å²) in [6, 6.07) is 9.70. The average molecular weight is 355 g/mol. The number of hydrazine groups is 1. The lowest BCUT2D eigenvalue weighted by atomic mass is 10.2. The topological polar surface area (TPSA) is 105 Å². The molecule has 3 N–H and O–H groups in total. The van der Waals surface area contributed by atoms with Crippen molar-refractivity contribution in [3.63, 3.8) is 0 Å². The van der Waals surface area contributed by atoms with Gasteiger partial charge in [-0.25, -0.2) is 0 Å². The highest BCUT2D eigenvalue weighted by Crippen LogP contribution is 2.05. The summed E-state index contributed by atoms with van der Waals surface area (Å²) in [7, 11) is 0. The van der Waals surface area contributed by atoms with Crippen molar-refractivity contribution in [2.45, 2.75) is 26.4 Å². The molecule has 2 aromatic rings. The fourth-order valence-corrected chi connectivity index (χ4v) is 2.04. The minimum Gasteiger partial charge on any atom is -0.346 e. The zero-order valence-electron chi connectivity index (χ0n) is 14.6. The van der Waals surface area contributed by atoms with Crippen molar-refractivity contribution < 1.29 is 14.4 Å². The Morgan fingerprint density at radius 2 is 1.85 bits per heavy atom. The molecule has 0 radical (unpaired) electrons. The quantitative estimate of drug-likeness (QED) is 0.415. The van der Waals surface area contributed by atoms with E-state index in [-0.39, 0.29) is 6.04 Å². The van der Waals surface area contributed by atoms with Gasteiger partial charge in [-0.2, -0.15) is 5.10 Å². The highest BCUT2D eigenvalue weighted by atomic mass is 16.2. The summed E-state index contributed by atoms with van der Waals surface area (Å²) >= 11 is 0. The third-order valence-corrected chi connectivity index (χ3v) is 3.19. The van der Waals surface area contributed by atoms with E-state index in [1.807, 2.05) is 35.8 Å². The normalized spacial score (nSPS) is 10.7. The van der Waals surface area contributed by atoms with Gasteiger partial charge in [0.25, 0.3) is 5.91 Å². The Balaban J connectivity index is 1.81. The van der Waals surface area contributed by atoms with Gasteiger partial charge in [0.2, 0.25) is 0 Å². The van der Waals surface area contributed by atoms with E-state index in [0.717, 1.165) is 11.1 Å². The minimum atomic E-state index is -0.934. The van der Waals surface area contributed by atoms with E-state index in [0.29, 0.717) is 6.54 Å². The highest BCUT2D eigenvalue weighted by Gasteiger charge is 2.14. The molecular formula is C18H21N5O3. The Kier molecular flexibility index (Phi) is 6.67. The second-order valence-corrected chi connectivity index (χ2v) is 5.86. The molecule has 0 unspecified atom stereocenters. The van der Waals surface area contributed by atoms with Crippen molar-refractivity contribution in [3.8, 4) is 0 Å². The molecule has 3 amide bonds. The molecule has 0 aliphatic rings. The highest BCUT2D eigenvalue weighted by molar-refractivity contribution is 6.35. The molecule has 0 fully saturated rings. The van der Waals surface area contributed by atoms with Gasteiger partial charge in [0.15, 0.2) is 0 Å². The maximum atomic E-state index is 11.7. The maximum absolute atomic E-state index is 11.7. The Morgan fingerprint density at radius 1 is 1.12 bits per heavy atom. The van der Waals surface area contributed by atoms with Crippen molar-refractivity contribution in [1.82, 2.24) is 25.9 Å². The van der Waals surface area contributed by atoms with E-state index in [2.05, 4.69) is 15.8 Å². The molecule has 1 heterocycles. The Labute approximate surface area is 151 Å². The standard InChI is InChI=1S/C18H21N5O3/c1-13(2)20-17(25)18(26)22-21-16(24)9-8-15-10-19-23(12-15)11-14-6-4-3-5-7-14/h3-10,12-13H,11H2,1-2H3,(H,20,25)(H,21,24)(H,22,26)/b9-8+. The molecule has 0 aliphatic heterocycles. The zero-order chi connectivity index (χ0) is 18.9. The van der Waals surface area contributed by atoms with Gasteiger partial charge in [-0.15, -0.1) is 0 Å². The number of aromatic nitrogens is 2. The summed E-state index contributed by atoms with van der Waals surface area (Å²) in [6.07, 6.45) is 6.22. The molecule has 0 atom stereocenters. The predicted molar refractivity (Wildman–Crippen MR) is 96.4 cm³/mol. The Hall–Kier alpha value is -3.42. The first kappa shape index (κ1) is 18.9. The molecule has 1 aromatic carbocycles. The number of nitrogens with zero attached hydrogens (tertiary/aromatic N) is 2. The Morgan fingerprint density at radius 3 is 2.54 bits per heavy atom. The third-order valence-electron chi connectivity index (χ3n) is 3.19. The number of amides is 3. The summed E-state index contributed by atoms with van der Waals surface area (Å²) < 4.78 is 1.75. The number of benzene rings is 1. The van der Waals surface area contributed by atoms with Crippen LogP contribution in [0.1, 0.15) is 25.0 Å². The van der Waals surface area contributed by atoms with Crippen LogP contribution in [0.3, 0.4) is 0 Å². The van der Waals surface area contributed by atoms with Gasteiger partial charge in [-0.05, 0) is 25.5 Å². The number of nitrogens with one attached hydrogen (secondary N) is 3. The number of hydrogen-bond acceptors (Lipinski definition) is 4. The van der Waals surface area contributed by atoms with Gasteiger partial charge >= 0.3 is 11.8 Å². The van der Waals surface area contributed by atoms with Crippen molar-refractivity contribution in [1.29, 1.82) is 0 Å². The molecule has 136 valence electrons. The van der Waals surface area contributed by atoms with E-state index in [4.69, 9.17) is 0 Å². The minimum absolute atomic E-state index is 0.170. The summed E-state index contributed by atoms with van der Waals surface area (Å²) in [6.45, 7) is 4.08. The molecular weight excluding hydrogens is 334 g/mol. The molecule has 0 bridgehead atoms. The molecule has 0 spiro atoms. The van der Waals surface area contributed by atoms with Crippen LogP contribution in [0, 0.1) is 0 Å². The molecule has 0 saturated heterocycles. The van der Waals surface area contributed by atoms with Crippen molar-refractivity contribution in [3.05, 3.63) is 59.9 Å². The molecule has 2 rings (SSSR count). The first-order valence-electron chi connectivity index (χ1n) is 8.09. The lowest BCUT2D eigenvalue weighted by molar-refractivity contribution is -0.140. The number of hydrogen-bond donors (Lipinski definition) is 3. The van der Waals surface area contributed by atoms with E-state index in [9.17, 15) is 14.4 Å². The van der Waals surface area contributed by atoms with Crippen molar-refractivity contribution >= 4 is 23.8 Å².